The molecule has 0 amide bonds. The molecular weight excluding hydrogens is 495 g/mol. The van der Waals surface area contributed by atoms with E-state index in [2.05, 4.69) is 113 Å². The number of nitrogens with zero attached hydrogens (tertiary/aromatic N) is 2. The fourth-order valence-electron chi connectivity index (χ4n) is 3.87. The van der Waals surface area contributed by atoms with Gasteiger partial charge in [-0.25, -0.2) is 0 Å². The number of para-hydroxylation sites is 2. The van der Waals surface area contributed by atoms with Gasteiger partial charge in [-0.2, -0.15) is 0 Å². The number of hydrogen-bond donors (Lipinski definition) is 0. The fraction of sp³-hybridized carbons (Fsp3) is 0.172. The topological polar surface area (TPSA) is 28.2 Å². The van der Waals surface area contributed by atoms with E-state index in [4.69, 9.17) is 29.2 Å². The Balaban J connectivity index is 0.00000103. The van der Waals surface area contributed by atoms with E-state index in [-0.39, 0.29) is 0 Å². The first-order valence-electron chi connectivity index (χ1n) is 11.1. The second kappa shape index (κ2) is 13.0. The maximum atomic E-state index is 4.98. The van der Waals surface area contributed by atoms with E-state index in [9.17, 15) is 0 Å². The van der Waals surface area contributed by atoms with Gasteiger partial charge in [-0.3, -0.25) is 0 Å². The van der Waals surface area contributed by atoms with Crippen LogP contribution in [0.3, 0.4) is 0 Å². The van der Waals surface area contributed by atoms with Crippen molar-refractivity contribution >= 4 is 41.4 Å². The van der Waals surface area contributed by atoms with Crippen molar-refractivity contribution < 1.29 is 17.0 Å². The second-order valence-corrected chi connectivity index (χ2v) is 10.9. The van der Waals surface area contributed by atoms with E-state index in [1.807, 2.05) is 0 Å². The van der Waals surface area contributed by atoms with E-state index >= 15 is 0 Å². The van der Waals surface area contributed by atoms with Crippen LogP contribution >= 0.6 is 18.6 Å². The van der Waals surface area contributed by atoms with Crippen LogP contribution in [0.15, 0.2) is 84.9 Å². The normalized spacial score (nSPS) is 10.2. The molecule has 0 aromatic heterocycles. The third-order valence-electron chi connectivity index (χ3n) is 5.55. The Hall–Kier alpha value is -2.23. The summed E-state index contributed by atoms with van der Waals surface area (Å²) >= 11 is -0.556. The van der Waals surface area contributed by atoms with Crippen molar-refractivity contribution in [2.45, 2.75) is 34.1 Å². The molecule has 0 saturated heterocycles. The predicted octanol–water partition coefficient (Wildman–Crippen LogP) is 10.6. The monoisotopic (exact) mass is 522 g/mol. The molecule has 2 nitrogen and oxygen atoms in total. The fourth-order valence-corrected chi connectivity index (χ4v) is 3.87. The van der Waals surface area contributed by atoms with E-state index in [0.717, 1.165) is 29.2 Å². The molecule has 0 N–H and O–H groups in total. The van der Waals surface area contributed by atoms with Gasteiger partial charge in [0.25, 0.3) is 0 Å². The molecule has 0 fully saturated rings. The van der Waals surface area contributed by atoms with Crippen molar-refractivity contribution in [3.63, 3.8) is 0 Å². The number of benzene rings is 4. The van der Waals surface area contributed by atoms with E-state index in [0.29, 0.717) is 0 Å². The van der Waals surface area contributed by atoms with Gasteiger partial charge < -0.3 is 10.6 Å². The molecule has 0 spiro atoms. The van der Waals surface area contributed by atoms with Crippen molar-refractivity contribution in [3.8, 4) is 0 Å². The standard InChI is InChI=1S/C29H28N2.2ClH.Ti/c1-20-13-15-26(22(3)17-20)30-28-11-7-5-9-24(28)19-25-10-6-8-12-29(25)31-27-16-14-21(2)18-23(27)4;;;/h5-18H,19H2,1-4H3;2*1H;/q-2;;;+2/p-2. The summed E-state index contributed by atoms with van der Waals surface area (Å²) in [5, 5.41) is 9.97. The van der Waals surface area contributed by atoms with Gasteiger partial charge in [0.1, 0.15) is 0 Å². The predicted molar refractivity (Wildman–Crippen MR) is 145 cm³/mol. The van der Waals surface area contributed by atoms with Crippen LogP contribution < -0.4 is 0 Å². The van der Waals surface area contributed by atoms with Crippen LogP contribution in [-0.2, 0) is 23.5 Å². The van der Waals surface area contributed by atoms with Crippen LogP contribution in [-0.4, -0.2) is 0 Å². The summed E-state index contributed by atoms with van der Waals surface area (Å²) < 4.78 is 0. The van der Waals surface area contributed by atoms with Gasteiger partial charge in [0, 0.05) is 0 Å². The zero-order valence-electron chi connectivity index (χ0n) is 19.9. The Kier molecular flexibility index (Phi) is 10.1. The average molecular weight is 523 g/mol. The van der Waals surface area contributed by atoms with Gasteiger partial charge in [0.2, 0.25) is 0 Å². The summed E-state index contributed by atoms with van der Waals surface area (Å²) in [7, 11) is 9.78. The third-order valence-corrected chi connectivity index (χ3v) is 5.55. The van der Waals surface area contributed by atoms with Gasteiger partial charge in [-0.1, -0.05) is 118 Å². The Bertz CT molecular complexity index is 1150. The molecule has 4 rings (SSSR count). The molecule has 0 aliphatic heterocycles. The van der Waals surface area contributed by atoms with Crippen molar-refractivity contribution in [2.75, 3.05) is 0 Å². The molecule has 4 aromatic carbocycles. The molecule has 174 valence electrons. The molecule has 34 heavy (non-hydrogen) atoms. The molecule has 0 unspecified atom stereocenters. The Morgan fingerprint density at radius 1 is 0.559 bits per heavy atom. The molecule has 0 aliphatic rings. The summed E-state index contributed by atoms with van der Waals surface area (Å²) in [5.41, 5.74) is 11.4. The first-order chi connectivity index (χ1) is 16.4. The molecule has 0 atom stereocenters. The summed E-state index contributed by atoms with van der Waals surface area (Å²) in [6.45, 7) is 8.46. The van der Waals surface area contributed by atoms with Gasteiger partial charge in [-0.15, -0.1) is 22.7 Å². The molecule has 4 aromatic rings. The molecule has 0 radical (unpaired) electrons. The van der Waals surface area contributed by atoms with Crippen molar-refractivity contribution in [1.29, 1.82) is 0 Å². The van der Waals surface area contributed by atoms with Crippen LogP contribution in [0.1, 0.15) is 33.4 Å². The van der Waals surface area contributed by atoms with Crippen LogP contribution in [0.4, 0.5) is 22.7 Å². The van der Waals surface area contributed by atoms with Crippen molar-refractivity contribution in [2.24, 2.45) is 0 Å². The van der Waals surface area contributed by atoms with E-state index in [1.54, 1.807) is 0 Å². The number of halogens is 2. The minimum atomic E-state index is -0.556. The molecule has 0 saturated carbocycles. The zero-order chi connectivity index (χ0) is 24.5. The molecule has 0 aliphatic carbocycles. The summed E-state index contributed by atoms with van der Waals surface area (Å²) in [6.07, 6.45) is 0.787. The number of hydrogen-bond acceptors (Lipinski definition) is 0. The first kappa shape index (κ1) is 26.4. The Morgan fingerprint density at radius 2 is 0.941 bits per heavy atom. The number of aryl methyl sites for hydroxylation is 4. The SMILES string of the molecule is Cc1ccc([N-]c2ccccc2Cc2ccccc2[N-]c2ccc(C)cc2C)c(C)c1.[Cl][Ti][Cl]. The molecule has 5 heteroatoms. The minimum absolute atomic E-state index is 0.556. The van der Waals surface area contributed by atoms with Crippen molar-refractivity contribution in [3.05, 3.63) is 129 Å². The van der Waals surface area contributed by atoms with Crippen LogP contribution in [0.25, 0.3) is 10.6 Å². The average Bonchev–Trinajstić information content (AvgIpc) is 2.80. The van der Waals surface area contributed by atoms with Crippen LogP contribution in [0.2, 0.25) is 0 Å². The van der Waals surface area contributed by atoms with Crippen LogP contribution in [0, 0.1) is 27.7 Å². The van der Waals surface area contributed by atoms with Crippen molar-refractivity contribution in [1.82, 2.24) is 0 Å². The summed E-state index contributed by atoms with van der Waals surface area (Å²) in [5.74, 6) is 0. The first-order valence-corrected chi connectivity index (χ1v) is 15.4. The second-order valence-electron chi connectivity index (χ2n) is 8.31. The van der Waals surface area contributed by atoms with Gasteiger partial charge >= 0.3 is 35.6 Å². The third kappa shape index (κ3) is 7.39. The molecule has 0 bridgehead atoms. The quantitative estimate of drug-likeness (QED) is 0.225. The van der Waals surface area contributed by atoms with Gasteiger partial charge in [0.15, 0.2) is 0 Å². The van der Waals surface area contributed by atoms with Crippen LogP contribution in [0.5, 0.6) is 0 Å². The van der Waals surface area contributed by atoms with Gasteiger partial charge in [0.05, 0.1) is 0 Å². The van der Waals surface area contributed by atoms with E-state index < -0.39 is 17.0 Å². The maximum absolute atomic E-state index is 4.98. The van der Waals surface area contributed by atoms with Gasteiger partial charge in [-0.05, 0) is 34.1 Å². The Labute approximate surface area is 220 Å². The molecular formula is C29H28Cl2N2Ti-2. The van der Waals surface area contributed by atoms with E-state index in [1.165, 1.54) is 33.4 Å². The summed E-state index contributed by atoms with van der Waals surface area (Å²) in [6, 6.07) is 29.6. The molecule has 0 heterocycles. The Morgan fingerprint density at radius 3 is 1.32 bits per heavy atom. The summed E-state index contributed by atoms with van der Waals surface area (Å²) in [4.78, 5) is 0. The number of rotatable bonds is 6. The zero-order valence-corrected chi connectivity index (χ0v) is 23.0.